The normalized spacial score (nSPS) is 10.2. The number of hydrazine groups is 1. The molecule has 0 aliphatic rings. The Balaban J connectivity index is 2.23. The van der Waals surface area contributed by atoms with Crippen molar-refractivity contribution in [3.05, 3.63) is 34.8 Å². The van der Waals surface area contributed by atoms with Crippen molar-refractivity contribution in [1.29, 1.82) is 0 Å². The van der Waals surface area contributed by atoms with Crippen LogP contribution in [0, 0.1) is 0 Å². The van der Waals surface area contributed by atoms with Crippen LogP contribution in [0.5, 0.6) is 0 Å². The van der Waals surface area contributed by atoms with Crippen LogP contribution >= 0.6 is 27.7 Å². The lowest BCUT2D eigenvalue weighted by Gasteiger charge is -2.04. The number of benzene rings is 1. The largest absolute Gasteiger partial charge is 0.368 e. The monoisotopic (exact) mass is 311 g/mol. The van der Waals surface area contributed by atoms with E-state index in [-0.39, 0.29) is 5.95 Å². The maximum Gasteiger partial charge on any atom is 0.223 e. The predicted octanol–water partition coefficient (Wildman–Crippen LogP) is 2.26. The highest BCUT2D eigenvalue weighted by molar-refractivity contribution is 9.10. The topological polar surface area (TPSA) is 89.8 Å². The minimum atomic E-state index is 0.195. The Labute approximate surface area is 111 Å². The van der Waals surface area contributed by atoms with Crippen LogP contribution in [0.2, 0.25) is 0 Å². The Hall–Kier alpha value is -1.31. The SMILES string of the molecule is NNc1cc(Sc2ccc(Br)cc2)nc(N)n1. The minimum absolute atomic E-state index is 0.195. The van der Waals surface area contributed by atoms with E-state index in [1.165, 1.54) is 11.8 Å². The van der Waals surface area contributed by atoms with E-state index in [2.05, 4.69) is 31.3 Å². The molecule has 7 heteroatoms. The number of nitrogens with zero attached hydrogens (tertiary/aromatic N) is 2. The van der Waals surface area contributed by atoms with E-state index < -0.39 is 0 Å². The molecule has 88 valence electrons. The molecule has 2 rings (SSSR count). The summed E-state index contributed by atoms with van der Waals surface area (Å²) >= 11 is 4.88. The molecule has 0 unspecified atom stereocenters. The highest BCUT2D eigenvalue weighted by Crippen LogP contribution is 2.28. The third-order valence-corrected chi connectivity index (χ3v) is 3.36. The summed E-state index contributed by atoms with van der Waals surface area (Å²) in [6.07, 6.45) is 0. The maximum absolute atomic E-state index is 5.57. The molecule has 1 aromatic carbocycles. The van der Waals surface area contributed by atoms with E-state index in [0.29, 0.717) is 5.82 Å². The highest BCUT2D eigenvalue weighted by atomic mass is 79.9. The first kappa shape index (κ1) is 12.2. The summed E-state index contributed by atoms with van der Waals surface area (Å²) in [5.41, 5.74) is 8.03. The van der Waals surface area contributed by atoms with Crippen LogP contribution in [-0.4, -0.2) is 9.97 Å². The Morgan fingerprint density at radius 1 is 1.18 bits per heavy atom. The zero-order valence-electron chi connectivity index (χ0n) is 8.72. The summed E-state index contributed by atoms with van der Waals surface area (Å²) < 4.78 is 1.04. The quantitative estimate of drug-likeness (QED) is 0.457. The Bertz CT molecular complexity index is 517. The van der Waals surface area contributed by atoms with Gasteiger partial charge in [0.1, 0.15) is 10.8 Å². The minimum Gasteiger partial charge on any atom is -0.368 e. The molecule has 0 aliphatic carbocycles. The lowest BCUT2D eigenvalue weighted by atomic mass is 10.4. The van der Waals surface area contributed by atoms with Crippen molar-refractivity contribution in [2.75, 3.05) is 11.2 Å². The van der Waals surface area contributed by atoms with E-state index in [0.717, 1.165) is 14.4 Å². The van der Waals surface area contributed by atoms with E-state index in [4.69, 9.17) is 11.6 Å². The van der Waals surface area contributed by atoms with Gasteiger partial charge < -0.3 is 11.2 Å². The molecule has 0 saturated carbocycles. The van der Waals surface area contributed by atoms with Crippen molar-refractivity contribution < 1.29 is 0 Å². The number of nitrogen functional groups attached to an aromatic ring is 2. The molecule has 0 radical (unpaired) electrons. The second-order valence-corrected chi connectivity index (χ2v) is 5.16. The Morgan fingerprint density at radius 3 is 2.53 bits per heavy atom. The van der Waals surface area contributed by atoms with Gasteiger partial charge in [-0.1, -0.05) is 27.7 Å². The molecular weight excluding hydrogens is 302 g/mol. The molecule has 0 amide bonds. The van der Waals surface area contributed by atoms with E-state index in [9.17, 15) is 0 Å². The van der Waals surface area contributed by atoms with E-state index in [1.54, 1.807) is 6.07 Å². The number of rotatable bonds is 3. The smallest absolute Gasteiger partial charge is 0.223 e. The molecule has 0 aliphatic heterocycles. The van der Waals surface area contributed by atoms with Crippen molar-refractivity contribution in [1.82, 2.24) is 9.97 Å². The molecule has 1 aromatic heterocycles. The fourth-order valence-corrected chi connectivity index (χ4v) is 2.28. The Kier molecular flexibility index (Phi) is 3.82. The third-order valence-electron chi connectivity index (χ3n) is 1.90. The first-order chi connectivity index (χ1) is 8.17. The van der Waals surface area contributed by atoms with Crippen molar-refractivity contribution in [3.8, 4) is 0 Å². The summed E-state index contributed by atoms with van der Waals surface area (Å²) in [5, 5.41) is 0.743. The number of nitrogens with one attached hydrogen (secondary N) is 1. The van der Waals surface area contributed by atoms with Crippen molar-refractivity contribution in [2.45, 2.75) is 9.92 Å². The zero-order chi connectivity index (χ0) is 12.3. The molecule has 5 nitrogen and oxygen atoms in total. The van der Waals surface area contributed by atoms with Gasteiger partial charge in [0.05, 0.1) is 0 Å². The number of hydrogen-bond donors (Lipinski definition) is 3. The molecule has 0 atom stereocenters. The average molecular weight is 312 g/mol. The van der Waals surface area contributed by atoms with Crippen molar-refractivity contribution >= 4 is 39.5 Å². The number of anilines is 2. The number of hydrogen-bond acceptors (Lipinski definition) is 6. The van der Waals surface area contributed by atoms with Crippen LogP contribution < -0.4 is 17.0 Å². The number of aromatic nitrogens is 2. The summed E-state index contributed by atoms with van der Waals surface area (Å²) in [4.78, 5) is 9.10. The molecule has 5 N–H and O–H groups in total. The molecule has 1 heterocycles. The lowest BCUT2D eigenvalue weighted by Crippen LogP contribution is -2.10. The van der Waals surface area contributed by atoms with Gasteiger partial charge in [-0.05, 0) is 24.3 Å². The Morgan fingerprint density at radius 2 is 1.88 bits per heavy atom. The van der Waals surface area contributed by atoms with Crippen LogP contribution in [0.3, 0.4) is 0 Å². The van der Waals surface area contributed by atoms with Gasteiger partial charge in [0.2, 0.25) is 5.95 Å². The number of nitrogens with two attached hydrogens (primary N) is 2. The van der Waals surface area contributed by atoms with Gasteiger partial charge in [-0.25, -0.2) is 10.8 Å². The molecule has 0 saturated heterocycles. The highest BCUT2D eigenvalue weighted by Gasteiger charge is 2.03. The molecule has 0 fully saturated rings. The van der Waals surface area contributed by atoms with Crippen LogP contribution in [0.4, 0.5) is 11.8 Å². The van der Waals surface area contributed by atoms with Gasteiger partial charge in [-0.2, -0.15) is 4.98 Å². The van der Waals surface area contributed by atoms with Gasteiger partial charge in [0, 0.05) is 15.4 Å². The van der Waals surface area contributed by atoms with Crippen LogP contribution in [0.1, 0.15) is 0 Å². The van der Waals surface area contributed by atoms with Gasteiger partial charge >= 0.3 is 0 Å². The average Bonchev–Trinajstić information content (AvgIpc) is 2.31. The molecule has 17 heavy (non-hydrogen) atoms. The van der Waals surface area contributed by atoms with E-state index >= 15 is 0 Å². The predicted molar refractivity (Wildman–Crippen MR) is 72.5 cm³/mol. The van der Waals surface area contributed by atoms with Crippen LogP contribution in [0.25, 0.3) is 0 Å². The molecular formula is C10H10BrN5S. The van der Waals surface area contributed by atoms with Crippen molar-refractivity contribution in [3.63, 3.8) is 0 Å². The second kappa shape index (κ2) is 5.35. The summed E-state index contributed by atoms with van der Waals surface area (Å²) in [6.45, 7) is 0. The van der Waals surface area contributed by atoms with Gasteiger partial charge in [-0.3, -0.25) is 0 Å². The fraction of sp³-hybridized carbons (Fsp3) is 0. The summed E-state index contributed by atoms with van der Waals surface area (Å²) in [6, 6.07) is 9.65. The van der Waals surface area contributed by atoms with Crippen molar-refractivity contribution in [2.24, 2.45) is 5.84 Å². The molecule has 2 aromatic rings. The molecule has 0 bridgehead atoms. The fourth-order valence-electron chi connectivity index (χ4n) is 1.19. The first-order valence-corrected chi connectivity index (χ1v) is 6.33. The van der Waals surface area contributed by atoms with E-state index in [1.807, 2.05) is 24.3 Å². The zero-order valence-corrected chi connectivity index (χ0v) is 11.1. The number of halogens is 1. The first-order valence-electron chi connectivity index (χ1n) is 4.72. The van der Waals surface area contributed by atoms with Gasteiger partial charge in [0.15, 0.2) is 0 Å². The summed E-state index contributed by atoms with van der Waals surface area (Å²) in [5.74, 6) is 5.98. The second-order valence-electron chi connectivity index (χ2n) is 3.15. The maximum atomic E-state index is 5.57. The van der Waals surface area contributed by atoms with Gasteiger partial charge in [0.25, 0.3) is 0 Å². The summed E-state index contributed by atoms with van der Waals surface area (Å²) in [7, 11) is 0. The molecule has 0 spiro atoms. The third kappa shape index (κ3) is 3.32. The standard InChI is InChI=1S/C10H10BrN5S/c11-6-1-3-7(4-2-6)17-9-5-8(16-13)14-10(12)15-9/h1-5H,13H2,(H3,12,14,15,16). The lowest BCUT2D eigenvalue weighted by molar-refractivity contribution is 1.05. The van der Waals surface area contributed by atoms with Gasteiger partial charge in [-0.15, -0.1) is 0 Å². The van der Waals surface area contributed by atoms with Crippen LogP contribution in [-0.2, 0) is 0 Å². The van der Waals surface area contributed by atoms with Crippen LogP contribution in [0.15, 0.2) is 44.7 Å².